The lowest BCUT2D eigenvalue weighted by Gasteiger charge is -2.04. The van der Waals surface area contributed by atoms with Gasteiger partial charge >= 0.3 is 0 Å². The van der Waals surface area contributed by atoms with Gasteiger partial charge in [0.1, 0.15) is 5.69 Å². The van der Waals surface area contributed by atoms with Crippen molar-refractivity contribution in [2.75, 3.05) is 5.32 Å². The summed E-state index contributed by atoms with van der Waals surface area (Å²) in [7, 11) is 0. The van der Waals surface area contributed by atoms with Crippen molar-refractivity contribution in [2.24, 2.45) is 0 Å². The minimum absolute atomic E-state index is 0.236. The Kier molecular flexibility index (Phi) is 3.39. The van der Waals surface area contributed by atoms with Crippen LogP contribution in [0.5, 0.6) is 0 Å². The molecule has 0 spiro atoms. The minimum atomic E-state index is -0.343. The van der Waals surface area contributed by atoms with Crippen molar-refractivity contribution in [3.8, 4) is 0 Å². The molecule has 1 heterocycles. The van der Waals surface area contributed by atoms with Crippen molar-refractivity contribution in [3.63, 3.8) is 0 Å². The number of aromatic amines is 1. The molecule has 0 aliphatic rings. The maximum absolute atomic E-state index is 11.8. The number of carbonyl (C=O) groups excluding carboxylic acids is 1. The smallest absolute Gasteiger partial charge is 0.272 e. The highest BCUT2D eigenvalue weighted by atomic mass is 79.9. The maximum Gasteiger partial charge on any atom is 0.272 e. The Bertz CT molecular complexity index is 590. The molecule has 0 saturated heterocycles. The molecule has 1 amide bonds. The molecule has 0 fully saturated rings. The topological polar surface area (TPSA) is 62.0 Å². The summed E-state index contributed by atoms with van der Waals surface area (Å²) in [6.07, 6.45) is 0. The summed E-state index contributed by atoms with van der Waals surface area (Å²) in [6, 6.07) is 11.6. The van der Waals surface area contributed by atoms with Gasteiger partial charge < -0.3 is 10.3 Å². The number of anilines is 1. The zero-order valence-corrected chi connectivity index (χ0v) is 10.3. The van der Waals surface area contributed by atoms with Crippen LogP contribution in [0.2, 0.25) is 0 Å². The molecule has 0 unspecified atom stereocenters. The highest BCUT2D eigenvalue weighted by Gasteiger charge is 2.06. The number of H-pyrrole nitrogens is 1. The Balaban J connectivity index is 2.17. The van der Waals surface area contributed by atoms with Gasteiger partial charge in [-0.05, 0) is 30.3 Å². The number of nitrogens with one attached hydrogen (secondary N) is 2. The largest absolute Gasteiger partial charge is 0.321 e. The van der Waals surface area contributed by atoms with Gasteiger partial charge in [0.25, 0.3) is 5.91 Å². The zero-order valence-electron chi connectivity index (χ0n) is 8.74. The van der Waals surface area contributed by atoms with Crippen molar-refractivity contribution < 1.29 is 4.79 Å². The average molecular weight is 293 g/mol. The van der Waals surface area contributed by atoms with Crippen LogP contribution in [0.1, 0.15) is 10.5 Å². The van der Waals surface area contributed by atoms with Crippen molar-refractivity contribution in [2.45, 2.75) is 0 Å². The van der Waals surface area contributed by atoms with Crippen molar-refractivity contribution in [1.82, 2.24) is 4.98 Å². The molecule has 5 heteroatoms. The summed E-state index contributed by atoms with van der Waals surface area (Å²) in [5.41, 5.74) is 0.608. The van der Waals surface area contributed by atoms with E-state index in [2.05, 4.69) is 26.2 Å². The molecule has 2 aromatic rings. The van der Waals surface area contributed by atoms with Gasteiger partial charge in [0.15, 0.2) is 0 Å². The van der Waals surface area contributed by atoms with Crippen LogP contribution >= 0.6 is 15.9 Å². The van der Waals surface area contributed by atoms with Gasteiger partial charge in [0.2, 0.25) is 5.56 Å². The Morgan fingerprint density at radius 1 is 1.12 bits per heavy atom. The van der Waals surface area contributed by atoms with Gasteiger partial charge in [-0.25, -0.2) is 0 Å². The first-order chi connectivity index (χ1) is 8.15. The third-order valence-corrected chi connectivity index (χ3v) is 2.64. The molecule has 1 aromatic heterocycles. The number of aromatic nitrogens is 1. The number of hydrogen-bond donors (Lipinski definition) is 2. The SMILES string of the molecule is O=C(Nc1ccc(Br)cc1)c1cccc(=O)[nH]1. The van der Waals surface area contributed by atoms with E-state index < -0.39 is 0 Å². The maximum atomic E-state index is 11.8. The lowest BCUT2D eigenvalue weighted by atomic mass is 10.3. The van der Waals surface area contributed by atoms with E-state index in [1.807, 2.05) is 12.1 Å². The highest BCUT2D eigenvalue weighted by molar-refractivity contribution is 9.10. The molecule has 2 N–H and O–H groups in total. The molecule has 4 nitrogen and oxygen atoms in total. The Morgan fingerprint density at radius 3 is 2.47 bits per heavy atom. The fourth-order valence-corrected chi connectivity index (χ4v) is 1.58. The zero-order chi connectivity index (χ0) is 12.3. The molecule has 0 aliphatic heterocycles. The van der Waals surface area contributed by atoms with E-state index >= 15 is 0 Å². The normalized spacial score (nSPS) is 9.94. The predicted octanol–water partition coefficient (Wildman–Crippen LogP) is 2.39. The summed E-state index contributed by atoms with van der Waals surface area (Å²) < 4.78 is 0.934. The third kappa shape index (κ3) is 3.04. The van der Waals surface area contributed by atoms with Crippen LogP contribution in [0.15, 0.2) is 51.7 Å². The molecule has 0 atom stereocenters. The Hall–Kier alpha value is -1.88. The van der Waals surface area contributed by atoms with Gasteiger partial charge in [-0.3, -0.25) is 9.59 Å². The average Bonchev–Trinajstić information content (AvgIpc) is 2.32. The van der Waals surface area contributed by atoms with Crippen LogP contribution < -0.4 is 10.9 Å². The second-order valence-corrected chi connectivity index (χ2v) is 4.31. The molecule has 0 saturated carbocycles. The van der Waals surface area contributed by atoms with Crippen molar-refractivity contribution in [3.05, 3.63) is 63.0 Å². The van der Waals surface area contributed by atoms with E-state index in [4.69, 9.17) is 0 Å². The molecule has 2 rings (SSSR count). The van der Waals surface area contributed by atoms with E-state index in [1.54, 1.807) is 18.2 Å². The Morgan fingerprint density at radius 2 is 1.82 bits per heavy atom. The third-order valence-electron chi connectivity index (χ3n) is 2.12. The van der Waals surface area contributed by atoms with E-state index in [0.29, 0.717) is 5.69 Å². The van der Waals surface area contributed by atoms with Crippen molar-refractivity contribution >= 4 is 27.5 Å². The minimum Gasteiger partial charge on any atom is -0.321 e. The van der Waals surface area contributed by atoms with Gasteiger partial charge in [0, 0.05) is 16.2 Å². The first kappa shape index (κ1) is 11.6. The summed E-state index contributed by atoms with van der Waals surface area (Å²) >= 11 is 3.31. The first-order valence-electron chi connectivity index (χ1n) is 4.91. The van der Waals surface area contributed by atoms with Crippen LogP contribution in [-0.2, 0) is 0 Å². The van der Waals surface area contributed by atoms with Crippen molar-refractivity contribution in [1.29, 1.82) is 0 Å². The van der Waals surface area contributed by atoms with Gasteiger partial charge in [0.05, 0.1) is 0 Å². The fraction of sp³-hybridized carbons (Fsp3) is 0. The fourth-order valence-electron chi connectivity index (χ4n) is 1.31. The number of hydrogen-bond acceptors (Lipinski definition) is 2. The molecular formula is C12H9BrN2O2. The van der Waals surface area contributed by atoms with Gasteiger partial charge in [-0.2, -0.15) is 0 Å². The molecule has 0 aliphatic carbocycles. The summed E-state index contributed by atoms with van der Waals surface area (Å²) in [5, 5.41) is 2.68. The van der Waals surface area contributed by atoms with E-state index in [0.717, 1.165) is 4.47 Å². The van der Waals surface area contributed by atoms with Gasteiger partial charge in [-0.15, -0.1) is 0 Å². The molecular weight excluding hydrogens is 284 g/mol. The summed E-state index contributed by atoms with van der Waals surface area (Å²) in [4.78, 5) is 25.3. The first-order valence-corrected chi connectivity index (χ1v) is 5.71. The van der Waals surface area contributed by atoms with E-state index in [1.165, 1.54) is 12.1 Å². The second-order valence-electron chi connectivity index (χ2n) is 3.39. The quantitative estimate of drug-likeness (QED) is 0.893. The monoisotopic (exact) mass is 292 g/mol. The summed E-state index contributed by atoms with van der Waals surface area (Å²) in [6.45, 7) is 0. The molecule has 86 valence electrons. The summed E-state index contributed by atoms with van der Waals surface area (Å²) in [5.74, 6) is -0.343. The number of benzene rings is 1. The van der Waals surface area contributed by atoms with E-state index in [9.17, 15) is 9.59 Å². The molecule has 1 aromatic carbocycles. The standard InChI is InChI=1S/C12H9BrN2O2/c13-8-4-6-9(7-5-8)14-12(17)10-2-1-3-11(16)15-10/h1-7H,(H,14,17)(H,15,16). The second kappa shape index (κ2) is 4.97. The van der Waals surface area contributed by atoms with Crippen LogP contribution in [-0.4, -0.2) is 10.9 Å². The van der Waals surface area contributed by atoms with Crippen LogP contribution in [0.3, 0.4) is 0 Å². The van der Waals surface area contributed by atoms with Crippen LogP contribution in [0.4, 0.5) is 5.69 Å². The van der Waals surface area contributed by atoms with E-state index in [-0.39, 0.29) is 17.2 Å². The number of amides is 1. The number of carbonyl (C=O) groups is 1. The number of pyridine rings is 1. The predicted molar refractivity (Wildman–Crippen MR) is 69.2 cm³/mol. The number of halogens is 1. The van der Waals surface area contributed by atoms with Crippen LogP contribution in [0.25, 0.3) is 0 Å². The lowest BCUT2D eigenvalue weighted by Crippen LogP contribution is -2.17. The molecule has 0 radical (unpaired) electrons. The lowest BCUT2D eigenvalue weighted by molar-refractivity contribution is 0.102. The highest BCUT2D eigenvalue weighted by Crippen LogP contribution is 2.14. The Labute approximate surface area is 106 Å². The number of rotatable bonds is 2. The molecule has 0 bridgehead atoms. The molecule has 17 heavy (non-hydrogen) atoms. The van der Waals surface area contributed by atoms with Gasteiger partial charge in [-0.1, -0.05) is 22.0 Å². The van der Waals surface area contributed by atoms with Crippen LogP contribution in [0, 0.1) is 0 Å².